The molecule has 3 fully saturated rings. The Morgan fingerprint density at radius 3 is 2.50 bits per heavy atom. The molecule has 0 radical (unpaired) electrons. The highest BCUT2D eigenvalue weighted by Gasteiger charge is 2.54. The molecule has 168 valence electrons. The number of rotatable bonds is 4. The van der Waals surface area contributed by atoms with Crippen molar-refractivity contribution in [2.75, 3.05) is 32.9 Å². The highest BCUT2D eigenvalue weighted by Crippen LogP contribution is 2.43. The molecule has 6 nitrogen and oxygen atoms in total. The predicted molar refractivity (Wildman–Crippen MR) is 116 cm³/mol. The van der Waals surface area contributed by atoms with Crippen molar-refractivity contribution in [2.45, 2.75) is 30.8 Å². The smallest absolute Gasteiger partial charge is 0.242 e. The molecule has 5 rings (SSSR count). The second kappa shape index (κ2) is 8.64. The summed E-state index contributed by atoms with van der Waals surface area (Å²) >= 11 is 0. The van der Waals surface area contributed by atoms with Gasteiger partial charge in [-0.1, -0.05) is 42.5 Å². The Hall–Kier alpha value is -2.77. The van der Waals surface area contributed by atoms with Crippen LogP contribution >= 0.6 is 0 Å². The Morgan fingerprint density at radius 1 is 1.09 bits per heavy atom. The third-order valence-electron chi connectivity index (χ3n) is 7.11. The molecular formula is C25H27FN2O4. The van der Waals surface area contributed by atoms with Gasteiger partial charge < -0.3 is 19.6 Å². The highest BCUT2D eigenvalue weighted by molar-refractivity contribution is 5.88. The quantitative estimate of drug-likeness (QED) is 0.796. The number of hydrogen-bond donors (Lipinski definition) is 1. The van der Waals surface area contributed by atoms with E-state index in [4.69, 9.17) is 4.74 Å². The van der Waals surface area contributed by atoms with Crippen molar-refractivity contribution in [3.63, 3.8) is 0 Å². The van der Waals surface area contributed by atoms with E-state index in [1.807, 2.05) is 24.3 Å². The van der Waals surface area contributed by atoms with Gasteiger partial charge >= 0.3 is 0 Å². The number of halogens is 1. The van der Waals surface area contributed by atoms with Crippen LogP contribution in [0.25, 0.3) is 11.1 Å². The van der Waals surface area contributed by atoms with Crippen LogP contribution < -0.4 is 0 Å². The van der Waals surface area contributed by atoms with E-state index < -0.39 is 0 Å². The monoisotopic (exact) mass is 438 g/mol. The number of piperazine rings is 1. The summed E-state index contributed by atoms with van der Waals surface area (Å²) in [6, 6.07) is 13.8. The van der Waals surface area contributed by atoms with Gasteiger partial charge in [0.25, 0.3) is 0 Å². The average molecular weight is 438 g/mol. The molecule has 3 saturated heterocycles. The number of benzene rings is 2. The topological polar surface area (TPSA) is 70.1 Å². The molecule has 3 aliphatic rings. The predicted octanol–water partition coefficient (Wildman–Crippen LogP) is 2.42. The number of carbonyl (C=O) groups is 2. The standard InChI is InChI=1S/C25H27FN2O4/c26-20-4-2-1-3-19(20)16-5-7-17(8-6-16)24-21-13-27(14-23(30)28(21)22(24)15-29)25(31)18-9-11-32-12-10-18/h1-8,18,21-22,24,29H,9-15H2/t21-,22+,24-/m0/s1. The number of ether oxygens (including phenoxy) is 1. The van der Waals surface area contributed by atoms with Gasteiger partial charge in [-0.2, -0.15) is 0 Å². The van der Waals surface area contributed by atoms with Crippen molar-refractivity contribution in [3.05, 3.63) is 59.9 Å². The molecule has 2 aromatic carbocycles. The fraction of sp³-hybridized carbons (Fsp3) is 0.440. The molecular weight excluding hydrogens is 411 g/mol. The van der Waals surface area contributed by atoms with Gasteiger partial charge in [0, 0.05) is 37.2 Å². The first-order chi connectivity index (χ1) is 15.6. The van der Waals surface area contributed by atoms with E-state index in [1.54, 1.807) is 28.0 Å². The van der Waals surface area contributed by atoms with Crippen LogP contribution in [-0.4, -0.2) is 71.7 Å². The highest BCUT2D eigenvalue weighted by atomic mass is 19.1. The number of amides is 2. The molecule has 3 heterocycles. The second-order valence-electron chi connectivity index (χ2n) is 8.85. The van der Waals surface area contributed by atoms with Crippen molar-refractivity contribution >= 4 is 11.8 Å². The Balaban J connectivity index is 1.36. The van der Waals surface area contributed by atoms with E-state index in [0.29, 0.717) is 38.2 Å². The van der Waals surface area contributed by atoms with E-state index in [-0.39, 0.29) is 54.7 Å². The van der Waals surface area contributed by atoms with Crippen molar-refractivity contribution in [3.8, 4) is 11.1 Å². The summed E-state index contributed by atoms with van der Waals surface area (Å²) < 4.78 is 19.5. The lowest BCUT2D eigenvalue weighted by Gasteiger charge is -2.59. The summed E-state index contributed by atoms with van der Waals surface area (Å²) in [6.07, 6.45) is 1.39. The van der Waals surface area contributed by atoms with Crippen LogP contribution in [-0.2, 0) is 14.3 Å². The second-order valence-corrected chi connectivity index (χ2v) is 8.85. The molecule has 1 N–H and O–H groups in total. The van der Waals surface area contributed by atoms with Gasteiger partial charge in [0.2, 0.25) is 11.8 Å². The molecule has 3 atom stereocenters. The number of fused-ring (bicyclic) bond motifs is 1. The lowest BCUT2D eigenvalue weighted by molar-refractivity contribution is -0.169. The van der Waals surface area contributed by atoms with Gasteiger partial charge in [-0.25, -0.2) is 4.39 Å². The van der Waals surface area contributed by atoms with Gasteiger partial charge in [-0.15, -0.1) is 0 Å². The Kier molecular flexibility index (Phi) is 5.69. The molecule has 32 heavy (non-hydrogen) atoms. The molecule has 0 unspecified atom stereocenters. The van der Waals surface area contributed by atoms with Crippen LogP contribution in [0.1, 0.15) is 24.3 Å². The SMILES string of the molecule is O=C(C1CCOCC1)N1CC(=O)N2[C@H](CO)[C@@H](c3ccc(-c4ccccc4F)cc3)[C@@H]2C1. The molecule has 2 amide bonds. The fourth-order valence-electron chi connectivity index (χ4n) is 5.45. The van der Waals surface area contributed by atoms with Gasteiger partial charge in [-0.05, 0) is 30.0 Å². The van der Waals surface area contributed by atoms with E-state index in [9.17, 15) is 19.1 Å². The number of carbonyl (C=O) groups excluding carboxylic acids is 2. The summed E-state index contributed by atoms with van der Waals surface area (Å²) in [5, 5.41) is 9.98. The first-order valence-electron chi connectivity index (χ1n) is 11.2. The van der Waals surface area contributed by atoms with Crippen molar-refractivity contribution < 1.29 is 23.8 Å². The summed E-state index contributed by atoms with van der Waals surface area (Å²) in [7, 11) is 0. The number of hydrogen-bond acceptors (Lipinski definition) is 4. The molecule has 2 aromatic rings. The van der Waals surface area contributed by atoms with E-state index >= 15 is 0 Å². The van der Waals surface area contributed by atoms with Gasteiger partial charge in [0.1, 0.15) is 5.82 Å². The minimum Gasteiger partial charge on any atom is -0.394 e. The maximum Gasteiger partial charge on any atom is 0.242 e. The van der Waals surface area contributed by atoms with Gasteiger partial charge in [-0.3, -0.25) is 9.59 Å². The lowest BCUT2D eigenvalue weighted by atomic mass is 9.73. The number of aliphatic hydroxyl groups excluding tert-OH is 1. The summed E-state index contributed by atoms with van der Waals surface area (Å²) in [5.41, 5.74) is 2.30. The van der Waals surface area contributed by atoms with Crippen LogP contribution in [0.4, 0.5) is 4.39 Å². The van der Waals surface area contributed by atoms with E-state index in [2.05, 4.69) is 0 Å². The van der Waals surface area contributed by atoms with Crippen molar-refractivity contribution in [2.24, 2.45) is 5.92 Å². The normalized spacial score (nSPS) is 25.9. The van der Waals surface area contributed by atoms with Crippen molar-refractivity contribution in [1.82, 2.24) is 9.80 Å². The van der Waals surface area contributed by atoms with Crippen LogP contribution in [0.15, 0.2) is 48.5 Å². The summed E-state index contributed by atoms with van der Waals surface area (Å²) in [5.74, 6) is -0.509. The molecule has 3 aliphatic heterocycles. The zero-order valence-electron chi connectivity index (χ0n) is 17.8. The fourth-order valence-corrected chi connectivity index (χ4v) is 5.45. The average Bonchev–Trinajstić information content (AvgIpc) is 2.81. The maximum atomic E-state index is 14.1. The summed E-state index contributed by atoms with van der Waals surface area (Å²) in [6.45, 7) is 1.57. The number of nitrogens with zero attached hydrogens (tertiary/aromatic N) is 2. The van der Waals surface area contributed by atoms with Crippen LogP contribution in [0.3, 0.4) is 0 Å². The van der Waals surface area contributed by atoms with E-state index in [1.165, 1.54) is 6.07 Å². The first kappa shape index (κ1) is 21.1. The van der Waals surface area contributed by atoms with Crippen LogP contribution in [0.2, 0.25) is 0 Å². The third-order valence-corrected chi connectivity index (χ3v) is 7.11. The lowest BCUT2D eigenvalue weighted by Crippen LogP contribution is -2.73. The third kappa shape index (κ3) is 3.59. The molecule has 0 aliphatic carbocycles. The molecule has 0 saturated carbocycles. The van der Waals surface area contributed by atoms with E-state index in [0.717, 1.165) is 11.1 Å². The zero-order chi connectivity index (χ0) is 22.2. The molecule has 0 bridgehead atoms. The first-order valence-corrected chi connectivity index (χ1v) is 11.2. The minimum absolute atomic E-state index is 0.0300. The Bertz CT molecular complexity index is 1010. The number of aliphatic hydroxyl groups is 1. The molecule has 0 aromatic heterocycles. The maximum absolute atomic E-state index is 14.1. The van der Waals surface area contributed by atoms with Crippen LogP contribution in [0, 0.1) is 11.7 Å². The van der Waals surface area contributed by atoms with Gasteiger partial charge in [0.15, 0.2) is 0 Å². The molecule has 7 heteroatoms. The van der Waals surface area contributed by atoms with Crippen molar-refractivity contribution in [1.29, 1.82) is 0 Å². The van der Waals surface area contributed by atoms with Gasteiger partial charge in [0.05, 0.1) is 25.2 Å². The summed E-state index contributed by atoms with van der Waals surface area (Å²) in [4.78, 5) is 29.3. The zero-order valence-corrected chi connectivity index (χ0v) is 17.8. The minimum atomic E-state index is -0.299. The Labute approximate surface area is 186 Å². The Morgan fingerprint density at radius 2 is 1.81 bits per heavy atom. The molecule has 0 spiro atoms. The largest absolute Gasteiger partial charge is 0.394 e. The van der Waals surface area contributed by atoms with Crippen LogP contribution in [0.5, 0.6) is 0 Å².